The summed E-state index contributed by atoms with van der Waals surface area (Å²) in [6.45, 7) is 5.90. The van der Waals surface area contributed by atoms with Gasteiger partial charge in [-0.1, -0.05) is 60.2 Å². The average Bonchev–Trinajstić information content (AvgIpc) is 3.11. The number of benzene rings is 4. The Morgan fingerprint density at radius 3 is 2.38 bits per heavy atom. The number of hydrogen-bond donors (Lipinski definition) is 2. The molecule has 0 aromatic heterocycles. The van der Waals surface area contributed by atoms with Crippen LogP contribution in [0.5, 0.6) is 11.5 Å². The molecule has 250 valence electrons. The number of methoxy groups -OCH3 is 1. The number of anilines is 2. The highest BCUT2D eigenvalue weighted by molar-refractivity contribution is 6.10. The summed E-state index contributed by atoms with van der Waals surface area (Å²) in [5, 5.41) is 5.90. The van der Waals surface area contributed by atoms with Crippen LogP contribution in [0.3, 0.4) is 0 Å². The van der Waals surface area contributed by atoms with Crippen molar-refractivity contribution in [3.63, 3.8) is 0 Å². The third-order valence-electron chi connectivity index (χ3n) is 8.62. The van der Waals surface area contributed by atoms with Gasteiger partial charge in [0, 0.05) is 50.8 Å². The van der Waals surface area contributed by atoms with E-state index in [1.807, 2.05) is 79.7 Å². The number of rotatable bonds is 13. The van der Waals surface area contributed by atoms with Gasteiger partial charge in [0.15, 0.2) is 0 Å². The normalized spacial score (nSPS) is 14.1. The molecule has 1 atom stereocenters. The highest BCUT2D eigenvalue weighted by Gasteiger charge is 2.23. The van der Waals surface area contributed by atoms with Gasteiger partial charge in [0.2, 0.25) is 6.41 Å². The maximum absolute atomic E-state index is 13.7. The number of ether oxygens (including phenoxy) is 2. The van der Waals surface area contributed by atoms with Crippen LogP contribution in [-0.4, -0.2) is 88.2 Å². The first-order chi connectivity index (χ1) is 23.3. The van der Waals surface area contributed by atoms with Gasteiger partial charge in [-0.2, -0.15) is 0 Å². The van der Waals surface area contributed by atoms with Gasteiger partial charge < -0.3 is 29.9 Å². The molecule has 1 aliphatic rings. The minimum absolute atomic E-state index is 0.134. The molecule has 1 aliphatic heterocycles. The highest BCUT2D eigenvalue weighted by Crippen LogP contribution is 2.32. The first-order valence-corrected chi connectivity index (χ1v) is 16.1. The Morgan fingerprint density at radius 2 is 1.65 bits per heavy atom. The summed E-state index contributed by atoms with van der Waals surface area (Å²) in [4.78, 5) is 44.6. The fourth-order valence-corrected chi connectivity index (χ4v) is 5.86. The van der Waals surface area contributed by atoms with E-state index in [1.165, 1.54) is 12.0 Å². The molecule has 4 aromatic rings. The third-order valence-corrected chi connectivity index (χ3v) is 8.62. The third kappa shape index (κ3) is 8.20. The van der Waals surface area contributed by atoms with E-state index in [4.69, 9.17) is 9.47 Å². The summed E-state index contributed by atoms with van der Waals surface area (Å²) in [6.07, 6.45) is 1.19. The number of aryl methyl sites for hydroxylation is 1. The molecule has 48 heavy (non-hydrogen) atoms. The molecule has 10 heteroatoms. The van der Waals surface area contributed by atoms with Gasteiger partial charge in [-0.3, -0.25) is 19.3 Å². The quantitative estimate of drug-likeness (QED) is 0.190. The number of amides is 3. The molecular weight excluding hydrogens is 606 g/mol. The van der Waals surface area contributed by atoms with Gasteiger partial charge in [0.25, 0.3) is 11.8 Å². The Labute approximate surface area is 282 Å². The predicted molar refractivity (Wildman–Crippen MR) is 189 cm³/mol. The summed E-state index contributed by atoms with van der Waals surface area (Å²) in [6, 6.07) is 27.9. The molecule has 0 saturated carbocycles. The van der Waals surface area contributed by atoms with E-state index >= 15 is 0 Å². The van der Waals surface area contributed by atoms with E-state index in [9.17, 15) is 14.4 Å². The SMILES string of the molecule is COc1cc(C(=O)N(C)c2ccccc2OCCC(NC=O)N2CCN(C)CC2)ccc1NC(=O)c1cc(C)ccc1-c1ccccc1. The Bertz CT molecular complexity index is 1720. The van der Waals surface area contributed by atoms with Crippen LogP contribution in [0.1, 0.15) is 32.7 Å². The van der Waals surface area contributed by atoms with Crippen molar-refractivity contribution in [3.8, 4) is 22.6 Å². The first kappa shape index (κ1) is 34.2. The van der Waals surface area contributed by atoms with Crippen molar-refractivity contribution in [1.82, 2.24) is 15.1 Å². The van der Waals surface area contributed by atoms with Crippen LogP contribution in [0.25, 0.3) is 11.1 Å². The lowest BCUT2D eigenvalue weighted by atomic mass is 9.97. The first-order valence-electron chi connectivity index (χ1n) is 16.1. The van der Waals surface area contributed by atoms with E-state index in [0.717, 1.165) is 49.3 Å². The maximum Gasteiger partial charge on any atom is 0.258 e. The molecule has 2 N–H and O–H groups in total. The fourth-order valence-electron chi connectivity index (χ4n) is 5.86. The van der Waals surface area contributed by atoms with Gasteiger partial charge in [0.05, 0.1) is 31.3 Å². The second-order valence-electron chi connectivity index (χ2n) is 11.9. The summed E-state index contributed by atoms with van der Waals surface area (Å²) in [5.74, 6) is 0.361. The van der Waals surface area contributed by atoms with Crippen LogP contribution in [0.15, 0.2) is 91.0 Å². The fraction of sp³-hybridized carbons (Fsp3) is 0.289. The molecule has 1 saturated heterocycles. The smallest absolute Gasteiger partial charge is 0.258 e. The second-order valence-corrected chi connectivity index (χ2v) is 11.9. The number of carbonyl (C=O) groups excluding carboxylic acids is 3. The molecule has 0 aliphatic carbocycles. The van der Waals surface area contributed by atoms with Crippen LogP contribution < -0.4 is 25.0 Å². The topological polar surface area (TPSA) is 103 Å². The van der Waals surface area contributed by atoms with Crippen LogP contribution in [0, 0.1) is 6.92 Å². The number of piperazine rings is 1. The summed E-state index contributed by atoms with van der Waals surface area (Å²) >= 11 is 0. The number of nitrogens with one attached hydrogen (secondary N) is 2. The Hall–Kier alpha value is -5.19. The van der Waals surface area contributed by atoms with Crippen LogP contribution >= 0.6 is 0 Å². The largest absolute Gasteiger partial charge is 0.495 e. The minimum Gasteiger partial charge on any atom is -0.495 e. The van der Waals surface area contributed by atoms with Crippen molar-refractivity contribution < 1.29 is 23.9 Å². The standard InChI is InChI=1S/C38H43N5O5/c1-27-14-16-30(28-10-6-5-7-11-28)31(24-27)37(45)40-32-17-15-29(25-35(32)47-4)38(46)42(3)33-12-8-9-13-34(33)48-23-18-36(39-26-44)43-21-19-41(2)20-22-43/h5-17,24-26,36H,18-23H2,1-4H3,(H,39,44)(H,40,45). The number of para-hydroxylation sites is 2. The van der Waals surface area contributed by atoms with Gasteiger partial charge in [0.1, 0.15) is 11.5 Å². The number of nitrogens with zero attached hydrogens (tertiary/aromatic N) is 3. The Morgan fingerprint density at radius 1 is 0.917 bits per heavy atom. The van der Waals surface area contributed by atoms with Crippen molar-refractivity contribution in [2.24, 2.45) is 0 Å². The molecule has 3 amide bonds. The maximum atomic E-state index is 13.7. The van der Waals surface area contributed by atoms with E-state index in [1.54, 1.807) is 25.2 Å². The average molecular weight is 650 g/mol. The van der Waals surface area contributed by atoms with Gasteiger partial charge in [-0.15, -0.1) is 0 Å². The molecule has 1 unspecified atom stereocenters. The van der Waals surface area contributed by atoms with E-state index in [-0.39, 0.29) is 18.0 Å². The lowest BCUT2D eigenvalue weighted by Crippen LogP contribution is -2.54. The van der Waals surface area contributed by atoms with Crippen molar-refractivity contribution in [3.05, 3.63) is 108 Å². The van der Waals surface area contributed by atoms with Crippen molar-refractivity contribution in [2.75, 3.05) is 64.2 Å². The molecule has 10 nitrogen and oxygen atoms in total. The molecule has 4 aromatic carbocycles. The molecule has 0 bridgehead atoms. The van der Waals surface area contributed by atoms with Crippen molar-refractivity contribution in [2.45, 2.75) is 19.5 Å². The summed E-state index contributed by atoms with van der Waals surface area (Å²) in [7, 11) is 5.29. The number of carbonyl (C=O) groups is 3. The van der Waals surface area contributed by atoms with Gasteiger partial charge >= 0.3 is 0 Å². The van der Waals surface area contributed by atoms with Crippen molar-refractivity contribution >= 4 is 29.6 Å². The zero-order valence-corrected chi connectivity index (χ0v) is 27.9. The number of hydrogen-bond acceptors (Lipinski definition) is 7. The Balaban J connectivity index is 1.28. The van der Waals surface area contributed by atoms with Gasteiger partial charge in [-0.05, 0) is 61.5 Å². The van der Waals surface area contributed by atoms with E-state index in [0.29, 0.717) is 47.0 Å². The highest BCUT2D eigenvalue weighted by atomic mass is 16.5. The van der Waals surface area contributed by atoms with Crippen LogP contribution in [0.4, 0.5) is 11.4 Å². The number of likely N-dealkylation sites (N-methyl/N-ethyl adjacent to an activating group) is 1. The monoisotopic (exact) mass is 649 g/mol. The zero-order valence-electron chi connectivity index (χ0n) is 27.9. The van der Waals surface area contributed by atoms with Gasteiger partial charge in [-0.25, -0.2) is 0 Å². The zero-order chi connectivity index (χ0) is 34.0. The lowest BCUT2D eigenvalue weighted by molar-refractivity contribution is -0.111. The lowest BCUT2D eigenvalue weighted by Gasteiger charge is -2.37. The van der Waals surface area contributed by atoms with Crippen LogP contribution in [-0.2, 0) is 4.79 Å². The van der Waals surface area contributed by atoms with E-state index in [2.05, 4.69) is 27.5 Å². The van der Waals surface area contributed by atoms with E-state index < -0.39 is 0 Å². The second kappa shape index (κ2) is 16.1. The molecule has 0 radical (unpaired) electrons. The van der Waals surface area contributed by atoms with Crippen LogP contribution in [0.2, 0.25) is 0 Å². The van der Waals surface area contributed by atoms with Crippen molar-refractivity contribution in [1.29, 1.82) is 0 Å². The minimum atomic E-state index is -0.281. The summed E-state index contributed by atoms with van der Waals surface area (Å²) < 4.78 is 11.8. The Kier molecular flexibility index (Phi) is 11.4. The molecule has 1 heterocycles. The predicted octanol–water partition coefficient (Wildman–Crippen LogP) is 5.29. The summed E-state index contributed by atoms with van der Waals surface area (Å²) in [5.41, 5.74) is 4.70. The molecule has 0 spiro atoms. The molecule has 1 fully saturated rings. The molecular formula is C38H43N5O5. The molecule has 5 rings (SSSR count).